The molecule has 0 spiro atoms. The van der Waals surface area contributed by atoms with E-state index in [0.717, 1.165) is 42.0 Å². The Morgan fingerprint density at radius 2 is 1.87 bits per heavy atom. The summed E-state index contributed by atoms with van der Waals surface area (Å²) in [6.07, 6.45) is 7.31. The average Bonchev–Trinajstić information content (AvgIpc) is 3.76. The number of carboxylic acid groups (broad SMARTS) is 1. The topological polar surface area (TPSA) is 114 Å². The Balaban J connectivity index is 1.14. The molecular weight excluding hydrogens is 496 g/mol. The Bertz CT molecular complexity index is 1310. The fourth-order valence-electron chi connectivity index (χ4n) is 5.02. The molecule has 0 bridgehead atoms. The highest BCUT2D eigenvalue weighted by Gasteiger charge is 2.51. The lowest BCUT2D eigenvalue weighted by Crippen LogP contribution is -2.41. The molecule has 2 N–H and O–H groups in total. The minimum absolute atomic E-state index is 0.0166. The van der Waals surface area contributed by atoms with Crippen LogP contribution in [-0.2, 0) is 21.4 Å². The monoisotopic (exact) mass is 530 g/mol. The molecule has 2 heterocycles. The van der Waals surface area contributed by atoms with Crippen molar-refractivity contribution in [2.24, 2.45) is 0 Å². The van der Waals surface area contributed by atoms with E-state index in [-0.39, 0.29) is 18.4 Å². The van der Waals surface area contributed by atoms with Crippen molar-refractivity contribution in [3.8, 4) is 11.5 Å². The number of nitrogens with zero attached hydrogens (tertiary/aromatic N) is 3. The molecule has 1 atom stereocenters. The third kappa shape index (κ3) is 6.30. The molecule has 3 aromatic rings. The van der Waals surface area contributed by atoms with Gasteiger partial charge in [0.1, 0.15) is 11.9 Å². The number of aryl methyl sites for hydroxylation is 1. The first-order valence-corrected chi connectivity index (χ1v) is 13.5. The van der Waals surface area contributed by atoms with Gasteiger partial charge < -0.3 is 24.8 Å². The number of benzene rings is 2. The van der Waals surface area contributed by atoms with Crippen molar-refractivity contribution in [2.75, 3.05) is 29.9 Å². The number of hydrogen-bond donors (Lipinski definition) is 2. The summed E-state index contributed by atoms with van der Waals surface area (Å²) in [5.41, 5.74) is 1.10. The molecule has 2 aliphatic rings. The van der Waals surface area contributed by atoms with Crippen molar-refractivity contribution < 1.29 is 24.2 Å². The number of hydrogen-bond acceptors (Lipinski definition) is 7. The van der Waals surface area contributed by atoms with E-state index in [4.69, 9.17) is 9.47 Å². The van der Waals surface area contributed by atoms with Gasteiger partial charge >= 0.3 is 5.97 Å². The fourth-order valence-corrected chi connectivity index (χ4v) is 5.02. The van der Waals surface area contributed by atoms with Crippen LogP contribution in [-0.4, -0.2) is 52.8 Å². The predicted molar refractivity (Wildman–Crippen MR) is 147 cm³/mol. The van der Waals surface area contributed by atoms with Gasteiger partial charge in [-0.3, -0.25) is 14.6 Å². The Hall–Kier alpha value is -4.14. The largest absolute Gasteiger partial charge is 0.490 e. The number of para-hydroxylation sites is 2. The lowest BCUT2D eigenvalue weighted by Gasteiger charge is -2.33. The molecule has 204 valence electrons. The first-order valence-electron chi connectivity index (χ1n) is 13.5. The Kier molecular flexibility index (Phi) is 7.95. The molecule has 1 amide bonds. The van der Waals surface area contributed by atoms with E-state index < -0.39 is 11.4 Å². The summed E-state index contributed by atoms with van der Waals surface area (Å²) in [6, 6.07) is 15.3. The standard InChI is InChI=1S/C30H34N4O5/c1-2-38-24-7-3-4-8-25(24)39-23-6-5-17-34(20-23)27-19-31-18-26(32-27)33-28(35)14-11-21-9-12-22(13-10-21)30(15-16-30)29(36)37/h3-4,7-10,12-13,18-19,23H,2,5-6,11,14-17,20H2,1H3,(H,36,37)(H,32,33,35). The van der Waals surface area contributed by atoms with E-state index in [1.807, 2.05) is 55.5 Å². The maximum Gasteiger partial charge on any atom is 0.314 e. The second-order valence-corrected chi connectivity index (χ2v) is 10.1. The molecule has 1 aromatic heterocycles. The van der Waals surface area contributed by atoms with Gasteiger partial charge in [0.25, 0.3) is 0 Å². The second-order valence-electron chi connectivity index (χ2n) is 10.1. The van der Waals surface area contributed by atoms with Crippen molar-refractivity contribution in [3.63, 3.8) is 0 Å². The van der Waals surface area contributed by atoms with Crippen LogP contribution in [0.1, 0.15) is 50.2 Å². The quantitative estimate of drug-likeness (QED) is 0.370. The SMILES string of the molecule is CCOc1ccccc1OC1CCCN(c2cncc(NC(=O)CCc3ccc(C4(C(=O)O)CC4)cc3)n2)C1. The highest BCUT2D eigenvalue weighted by Crippen LogP contribution is 2.48. The molecule has 9 heteroatoms. The van der Waals surface area contributed by atoms with Gasteiger partial charge in [-0.1, -0.05) is 36.4 Å². The number of anilines is 2. The molecule has 1 saturated heterocycles. The van der Waals surface area contributed by atoms with Crippen molar-refractivity contribution in [2.45, 2.75) is 57.0 Å². The van der Waals surface area contributed by atoms with E-state index in [0.29, 0.717) is 44.0 Å². The number of rotatable bonds is 11. The number of piperidine rings is 1. The van der Waals surface area contributed by atoms with E-state index in [9.17, 15) is 14.7 Å². The molecule has 1 aliphatic heterocycles. The van der Waals surface area contributed by atoms with Crippen molar-refractivity contribution >= 4 is 23.5 Å². The molecule has 2 fully saturated rings. The summed E-state index contributed by atoms with van der Waals surface area (Å²) in [4.78, 5) is 35.2. The molecular formula is C30H34N4O5. The van der Waals surface area contributed by atoms with E-state index in [2.05, 4.69) is 20.2 Å². The second kappa shape index (κ2) is 11.7. The molecule has 5 rings (SSSR count). The minimum atomic E-state index is -0.766. The number of ether oxygens (including phenoxy) is 2. The number of aliphatic carboxylic acids is 1. The summed E-state index contributed by atoms with van der Waals surface area (Å²) in [6.45, 7) is 4.02. The fraction of sp³-hybridized carbons (Fsp3) is 0.400. The number of amides is 1. The molecule has 2 aromatic carbocycles. The van der Waals surface area contributed by atoms with E-state index in [1.165, 1.54) is 0 Å². The molecule has 1 aliphatic carbocycles. The van der Waals surface area contributed by atoms with Gasteiger partial charge in [0.15, 0.2) is 17.3 Å². The third-order valence-corrected chi connectivity index (χ3v) is 7.34. The highest BCUT2D eigenvalue weighted by atomic mass is 16.5. The summed E-state index contributed by atoms with van der Waals surface area (Å²) >= 11 is 0. The van der Waals surface area contributed by atoms with Gasteiger partial charge in [0.2, 0.25) is 5.91 Å². The first-order chi connectivity index (χ1) is 19.0. The summed E-state index contributed by atoms with van der Waals surface area (Å²) < 4.78 is 12.0. The maximum atomic E-state index is 12.6. The first kappa shape index (κ1) is 26.5. The summed E-state index contributed by atoms with van der Waals surface area (Å²) in [7, 11) is 0. The van der Waals surface area contributed by atoms with Crippen molar-refractivity contribution in [3.05, 3.63) is 72.1 Å². The van der Waals surface area contributed by atoms with Gasteiger partial charge in [0, 0.05) is 13.0 Å². The lowest BCUT2D eigenvalue weighted by atomic mass is 9.94. The summed E-state index contributed by atoms with van der Waals surface area (Å²) in [5, 5.41) is 12.3. The Morgan fingerprint density at radius 1 is 1.10 bits per heavy atom. The number of carboxylic acids is 1. The van der Waals surface area contributed by atoms with Crippen LogP contribution in [0.3, 0.4) is 0 Å². The zero-order valence-electron chi connectivity index (χ0n) is 22.1. The molecule has 1 saturated carbocycles. The smallest absolute Gasteiger partial charge is 0.314 e. The summed E-state index contributed by atoms with van der Waals surface area (Å²) in [5.74, 6) is 1.67. The minimum Gasteiger partial charge on any atom is -0.490 e. The van der Waals surface area contributed by atoms with Gasteiger partial charge in [-0.05, 0) is 62.3 Å². The van der Waals surface area contributed by atoms with Gasteiger partial charge in [-0.2, -0.15) is 0 Å². The average molecular weight is 531 g/mol. The van der Waals surface area contributed by atoms with Gasteiger partial charge in [-0.25, -0.2) is 4.98 Å². The van der Waals surface area contributed by atoms with Crippen LogP contribution < -0.4 is 19.7 Å². The van der Waals surface area contributed by atoms with Crippen LogP contribution in [0.2, 0.25) is 0 Å². The van der Waals surface area contributed by atoms with Gasteiger partial charge in [-0.15, -0.1) is 0 Å². The third-order valence-electron chi connectivity index (χ3n) is 7.34. The predicted octanol–water partition coefficient (Wildman–Crippen LogP) is 4.61. The van der Waals surface area contributed by atoms with Gasteiger partial charge in [0.05, 0.1) is 31.0 Å². The highest BCUT2D eigenvalue weighted by molar-refractivity contribution is 5.90. The normalized spacial score (nSPS) is 17.8. The van der Waals surface area contributed by atoms with E-state index >= 15 is 0 Å². The van der Waals surface area contributed by atoms with Crippen LogP contribution in [0.4, 0.5) is 11.6 Å². The number of carbonyl (C=O) groups excluding carboxylic acids is 1. The number of aromatic nitrogens is 2. The number of carbonyl (C=O) groups is 2. The zero-order valence-corrected chi connectivity index (χ0v) is 22.1. The van der Waals surface area contributed by atoms with E-state index in [1.54, 1.807) is 12.4 Å². The van der Waals surface area contributed by atoms with Crippen LogP contribution in [0.5, 0.6) is 11.5 Å². The maximum absolute atomic E-state index is 12.6. The Morgan fingerprint density at radius 3 is 2.59 bits per heavy atom. The molecule has 9 nitrogen and oxygen atoms in total. The van der Waals surface area contributed by atoms with Crippen LogP contribution >= 0.6 is 0 Å². The van der Waals surface area contributed by atoms with Crippen molar-refractivity contribution in [1.82, 2.24) is 9.97 Å². The molecule has 0 radical (unpaired) electrons. The van der Waals surface area contributed by atoms with Crippen LogP contribution in [0.15, 0.2) is 60.9 Å². The number of nitrogens with one attached hydrogen (secondary N) is 1. The molecule has 39 heavy (non-hydrogen) atoms. The van der Waals surface area contributed by atoms with Crippen molar-refractivity contribution in [1.29, 1.82) is 0 Å². The lowest BCUT2D eigenvalue weighted by molar-refractivity contribution is -0.140. The molecule has 1 unspecified atom stereocenters. The Labute approximate surface area is 228 Å². The van der Waals surface area contributed by atoms with Crippen LogP contribution in [0, 0.1) is 0 Å². The van der Waals surface area contributed by atoms with Crippen LogP contribution in [0.25, 0.3) is 0 Å². The zero-order chi connectivity index (χ0) is 27.2.